The number of ether oxygens (including phenoxy) is 1. The summed E-state index contributed by atoms with van der Waals surface area (Å²) in [5, 5.41) is 12.7. The Bertz CT molecular complexity index is 770. The zero-order valence-electron chi connectivity index (χ0n) is 17.2. The molecule has 158 valence electrons. The number of halogens is 1. The second-order valence-corrected chi connectivity index (χ2v) is 7.99. The summed E-state index contributed by atoms with van der Waals surface area (Å²) in [5.74, 6) is 0.789. The monoisotopic (exact) mass is 402 g/mol. The van der Waals surface area contributed by atoms with E-state index >= 15 is 0 Å². The highest BCUT2D eigenvalue weighted by Crippen LogP contribution is 2.28. The first-order valence-electron chi connectivity index (χ1n) is 10.9. The minimum absolute atomic E-state index is 0.149. The maximum absolute atomic E-state index is 14.2. The zero-order chi connectivity index (χ0) is 20.1. The number of aromatic nitrogens is 4. The normalized spacial score (nSPS) is 21.6. The number of piperazine rings is 1. The van der Waals surface area contributed by atoms with Gasteiger partial charge in [0.15, 0.2) is 5.82 Å². The van der Waals surface area contributed by atoms with Crippen molar-refractivity contribution in [2.45, 2.75) is 57.7 Å². The molecule has 0 spiro atoms. The first-order valence-corrected chi connectivity index (χ1v) is 10.9. The molecule has 0 aliphatic carbocycles. The molecule has 2 unspecified atom stereocenters. The van der Waals surface area contributed by atoms with Gasteiger partial charge in [0.1, 0.15) is 5.82 Å². The largest absolute Gasteiger partial charge is 0.376 e. The van der Waals surface area contributed by atoms with E-state index in [0.717, 1.165) is 77.3 Å². The molecular weight excluding hydrogens is 371 g/mol. The number of anilines is 1. The smallest absolute Gasteiger partial charge is 0.168 e. The summed E-state index contributed by atoms with van der Waals surface area (Å²) in [6.45, 7) is 7.11. The van der Waals surface area contributed by atoms with Gasteiger partial charge in [0.05, 0.1) is 24.4 Å². The zero-order valence-corrected chi connectivity index (χ0v) is 17.2. The van der Waals surface area contributed by atoms with Gasteiger partial charge in [0.25, 0.3) is 0 Å². The van der Waals surface area contributed by atoms with Crippen molar-refractivity contribution in [1.82, 2.24) is 25.1 Å². The summed E-state index contributed by atoms with van der Waals surface area (Å²) in [6.07, 6.45) is 5.69. The van der Waals surface area contributed by atoms with Crippen molar-refractivity contribution in [2.24, 2.45) is 0 Å². The first-order chi connectivity index (χ1) is 14.3. The number of hydrogen-bond donors (Lipinski definition) is 0. The molecule has 0 N–H and O–H groups in total. The molecule has 1 aromatic heterocycles. The summed E-state index contributed by atoms with van der Waals surface area (Å²) in [7, 11) is 0. The van der Waals surface area contributed by atoms with Crippen LogP contribution in [0, 0.1) is 5.82 Å². The van der Waals surface area contributed by atoms with Gasteiger partial charge >= 0.3 is 0 Å². The van der Waals surface area contributed by atoms with Gasteiger partial charge in [0, 0.05) is 32.8 Å². The molecule has 2 aliphatic rings. The standard InChI is InChI=1S/C21H31FN6O/c1-2-3-9-20(21-23-24-25-28(21)16-17-7-6-15-29-17)27-13-11-26(12-14-27)19-10-5-4-8-18(19)22/h4-5,8,10,17,20H,2-3,6-7,9,11-16H2,1H3. The Morgan fingerprint density at radius 2 is 2.03 bits per heavy atom. The predicted molar refractivity (Wildman–Crippen MR) is 109 cm³/mol. The lowest BCUT2D eigenvalue weighted by molar-refractivity contribution is 0.0890. The van der Waals surface area contributed by atoms with Crippen molar-refractivity contribution >= 4 is 5.69 Å². The molecule has 0 amide bonds. The minimum atomic E-state index is -0.149. The summed E-state index contributed by atoms with van der Waals surface area (Å²) in [4.78, 5) is 4.60. The van der Waals surface area contributed by atoms with Crippen LogP contribution in [0.5, 0.6) is 0 Å². The molecule has 4 rings (SSSR count). The third kappa shape index (κ3) is 4.75. The molecule has 2 aromatic rings. The summed E-state index contributed by atoms with van der Waals surface area (Å²) < 4.78 is 21.9. The van der Waals surface area contributed by atoms with Crippen LogP contribution in [0.1, 0.15) is 50.9 Å². The summed E-state index contributed by atoms with van der Waals surface area (Å²) >= 11 is 0. The van der Waals surface area contributed by atoms with Crippen molar-refractivity contribution in [3.8, 4) is 0 Å². The molecule has 2 atom stereocenters. The lowest BCUT2D eigenvalue weighted by Crippen LogP contribution is -2.48. The fourth-order valence-electron chi connectivity index (χ4n) is 4.42. The van der Waals surface area contributed by atoms with Gasteiger partial charge in [-0.2, -0.15) is 0 Å². The lowest BCUT2D eigenvalue weighted by atomic mass is 10.1. The number of rotatable bonds is 8. The first kappa shape index (κ1) is 20.2. The fourth-order valence-corrected chi connectivity index (χ4v) is 4.42. The summed E-state index contributed by atoms with van der Waals surface area (Å²) in [5.41, 5.74) is 0.695. The van der Waals surface area contributed by atoms with Gasteiger partial charge in [0.2, 0.25) is 0 Å². The Balaban J connectivity index is 1.45. The molecule has 0 saturated carbocycles. The second kappa shape index (κ2) is 9.63. The van der Waals surface area contributed by atoms with Crippen LogP contribution >= 0.6 is 0 Å². The number of hydrogen-bond acceptors (Lipinski definition) is 6. The number of unbranched alkanes of at least 4 members (excludes halogenated alkanes) is 1. The Morgan fingerprint density at radius 3 is 2.76 bits per heavy atom. The van der Waals surface area contributed by atoms with Crippen molar-refractivity contribution in [1.29, 1.82) is 0 Å². The van der Waals surface area contributed by atoms with Crippen molar-refractivity contribution < 1.29 is 9.13 Å². The van der Waals surface area contributed by atoms with E-state index in [1.54, 1.807) is 6.07 Å². The number of benzene rings is 1. The number of tetrazole rings is 1. The van der Waals surface area contributed by atoms with E-state index in [1.807, 2.05) is 16.8 Å². The van der Waals surface area contributed by atoms with Crippen LogP contribution in [0.3, 0.4) is 0 Å². The lowest BCUT2D eigenvalue weighted by Gasteiger charge is -2.40. The highest BCUT2D eigenvalue weighted by molar-refractivity contribution is 5.48. The molecule has 0 radical (unpaired) electrons. The molecule has 2 aliphatic heterocycles. The van der Waals surface area contributed by atoms with Crippen LogP contribution in [0.4, 0.5) is 10.1 Å². The third-order valence-corrected chi connectivity index (χ3v) is 6.04. The molecule has 0 bridgehead atoms. The number of para-hydroxylation sites is 1. The van der Waals surface area contributed by atoms with Crippen molar-refractivity contribution in [3.63, 3.8) is 0 Å². The van der Waals surface area contributed by atoms with Crippen LogP contribution in [0.2, 0.25) is 0 Å². The quantitative estimate of drug-likeness (QED) is 0.676. The predicted octanol–water partition coefficient (Wildman–Crippen LogP) is 3.04. The van der Waals surface area contributed by atoms with E-state index in [2.05, 4.69) is 32.2 Å². The van der Waals surface area contributed by atoms with Crippen LogP contribution in [0.15, 0.2) is 24.3 Å². The average molecular weight is 403 g/mol. The van der Waals surface area contributed by atoms with Gasteiger partial charge in [-0.15, -0.1) is 5.10 Å². The molecule has 1 aromatic carbocycles. The van der Waals surface area contributed by atoms with Crippen molar-refractivity contribution in [3.05, 3.63) is 35.9 Å². The SMILES string of the molecule is CCCCC(c1nnnn1CC1CCCO1)N1CCN(c2ccccc2F)CC1. The molecule has 2 fully saturated rings. The van der Waals surface area contributed by atoms with E-state index in [4.69, 9.17) is 4.74 Å². The summed E-state index contributed by atoms with van der Waals surface area (Å²) in [6, 6.07) is 7.22. The van der Waals surface area contributed by atoms with Crippen LogP contribution < -0.4 is 4.90 Å². The van der Waals surface area contributed by atoms with Gasteiger partial charge in [-0.3, -0.25) is 4.90 Å². The van der Waals surface area contributed by atoms with Crippen LogP contribution in [-0.4, -0.2) is 64.0 Å². The van der Waals surface area contributed by atoms with Crippen LogP contribution in [-0.2, 0) is 11.3 Å². The van der Waals surface area contributed by atoms with Gasteiger partial charge in [-0.25, -0.2) is 9.07 Å². The van der Waals surface area contributed by atoms with E-state index < -0.39 is 0 Å². The highest BCUT2D eigenvalue weighted by atomic mass is 19.1. The van der Waals surface area contributed by atoms with E-state index in [9.17, 15) is 4.39 Å². The minimum Gasteiger partial charge on any atom is -0.376 e. The molecule has 8 heteroatoms. The van der Waals surface area contributed by atoms with E-state index in [1.165, 1.54) is 6.07 Å². The Kier molecular flexibility index (Phi) is 6.71. The Hall–Kier alpha value is -2.06. The Morgan fingerprint density at radius 1 is 1.21 bits per heavy atom. The van der Waals surface area contributed by atoms with Gasteiger partial charge in [-0.05, 0) is 41.8 Å². The topological polar surface area (TPSA) is 59.3 Å². The maximum Gasteiger partial charge on any atom is 0.168 e. The van der Waals surface area contributed by atoms with Gasteiger partial charge in [-0.1, -0.05) is 31.9 Å². The van der Waals surface area contributed by atoms with E-state index in [0.29, 0.717) is 5.69 Å². The van der Waals surface area contributed by atoms with Gasteiger partial charge < -0.3 is 9.64 Å². The molecule has 3 heterocycles. The maximum atomic E-state index is 14.2. The third-order valence-electron chi connectivity index (χ3n) is 6.04. The molecule has 29 heavy (non-hydrogen) atoms. The molecular formula is C21H31FN6O. The van der Waals surface area contributed by atoms with E-state index in [-0.39, 0.29) is 18.0 Å². The Labute approximate surface area is 171 Å². The van der Waals surface area contributed by atoms with Crippen LogP contribution in [0.25, 0.3) is 0 Å². The van der Waals surface area contributed by atoms with Crippen molar-refractivity contribution in [2.75, 3.05) is 37.7 Å². The molecule has 7 nitrogen and oxygen atoms in total. The second-order valence-electron chi connectivity index (χ2n) is 7.99. The fraction of sp³-hybridized carbons (Fsp3) is 0.667. The molecule has 2 saturated heterocycles. The number of nitrogens with zero attached hydrogens (tertiary/aromatic N) is 6. The average Bonchev–Trinajstić information content (AvgIpc) is 3.42. The highest BCUT2D eigenvalue weighted by Gasteiger charge is 2.30.